The zero-order valence-electron chi connectivity index (χ0n) is 10.7. The fraction of sp³-hybridized carbons (Fsp3) is 1.00. The van der Waals surface area contributed by atoms with Crippen LogP contribution in [-0.4, -0.2) is 26.7 Å². The first-order valence-corrected chi connectivity index (χ1v) is 4.79. The minimum absolute atomic E-state index is 0.612. The van der Waals surface area contributed by atoms with Crippen LogP contribution in [-0.2, 0) is 19.7 Å². The maximum atomic E-state index is 10.1. The lowest BCUT2D eigenvalue weighted by Crippen LogP contribution is -2.65. The molecule has 0 rings (SSSR count). The summed E-state index contributed by atoms with van der Waals surface area (Å²) >= 11 is 0. The molecule has 0 heterocycles. The number of hydrogen-bond acceptors (Lipinski definition) is 9. The Morgan fingerprint density at radius 3 is 1.65 bits per heavy atom. The van der Waals surface area contributed by atoms with Crippen molar-refractivity contribution in [2.45, 2.75) is 45.9 Å². The molecule has 10 heteroatoms. The van der Waals surface area contributed by atoms with E-state index in [4.69, 9.17) is 22.5 Å². The molecule has 0 aromatic carbocycles. The van der Waals surface area contributed by atoms with Crippen molar-refractivity contribution in [2.75, 3.05) is 0 Å². The molecule has 0 aliphatic carbocycles. The van der Waals surface area contributed by atoms with Gasteiger partial charge in [-0.25, -0.2) is 0 Å². The van der Waals surface area contributed by atoms with Crippen molar-refractivity contribution in [1.82, 2.24) is 5.23 Å². The molecule has 7 N–H and O–H groups in total. The maximum Gasteiger partial charge on any atom is 0.235 e. The minimum Gasteiger partial charge on any atom is -0.193 e. The lowest BCUT2D eigenvalue weighted by atomic mass is 10.1. The second-order valence-corrected chi connectivity index (χ2v) is 4.80. The summed E-state index contributed by atoms with van der Waals surface area (Å²) in [5.41, 5.74) is -2.29. The largest absolute Gasteiger partial charge is 0.235 e. The molecule has 0 aliphatic heterocycles. The fourth-order valence-electron chi connectivity index (χ4n) is 0.931. The predicted molar refractivity (Wildman–Crippen MR) is 54.6 cm³/mol. The van der Waals surface area contributed by atoms with Gasteiger partial charge in [-0.3, -0.25) is 0 Å². The summed E-state index contributed by atoms with van der Waals surface area (Å²) in [6.45, 7) is 7.81. The number of hydrogen-bond donors (Lipinski definition) is 4. The number of nitrogens with two attached hydrogens (primary N) is 3. The third-order valence-electron chi connectivity index (χ3n) is 1.97. The molecule has 0 fully saturated rings. The Balaban J connectivity index is 5.01. The zero-order valence-corrected chi connectivity index (χ0v) is 10.7. The molecule has 0 spiro atoms. The summed E-state index contributed by atoms with van der Waals surface area (Å²) in [5.74, 6) is 14.9. The summed E-state index contributed by atoms with van der Waals surface area (Å²) in [6.07, 6.45) is 0. The molecule has 104 valence electrons. The third-order valence-corrected chi connectivity index (χ3v) is 1.97. The van der Waals surface area contributed by atoms with Gasteiger partial charge in [-0.1, -0.05) is 0 Å². The van der Waals surface area contributed by atoms with Gasteiger partial charge in [-0.15, -0.1) is 10.0 Å². The summed E-state index contributed by atoms with van der Waals surface area (Å²) in [5, 5.41) is 10.7. The molecule has 0 saturated heterocycles. The van der Waals surface area contributed by atoms with Gasteiger partial charge in [0.1, 0.15) is 4.97 Å². The molecule has 1 atom stereocenters. The molecule has 0 saturated carbocycles. The molecule has 0 aliphatic rings. The van der Waals surface area contributed by atoms with Crippen LogP contribution < -0.4 is 17.7 Å². The molecule has 0 aromatic rings. The highest BCUT2D eigenvalue weighted by atomic mass is 17.2. The molecule has 0 bridgehead atoms. The Bertz CT molecular complexity index is 241. The topological polar surface area (TPSA) is 138 Å². The Hall–Kier alpha value is -0.400. The Morgan fingerprint density at radius 1 is 1.00 bits per heavy atom. The molecular weight excluding hydrogens is 234 g/mol. The summed E-state index contributed by atoms with van der Waals surface area (Å²) in [7, 11) is 0. The van der Waals surface area contributed by atoms with E-state index in [1.807, 2.05) is 0 Å². The smallest absolute Gasteiger partial charge is 0.193 e. The first-order valence-electron chi connectivity index (χ1n) is 4.79. The van der Waals surface area contributed by atoms with Gasteiger partial charge in [0.05, 0.1) is 0 Å². The summed E-state index contributed by atoms with van der Waals surface area (Å²) in [6, 6.07) is 0. The second-order valence-electron chi connectivity index (χ2n) is 4.80. The average Bonchev–Trinajstić information content (AvgIpc) is 2.16. The number of hydroxylamine groups is 5. The van der Waals surface area contributed by atoms with Gasteiger partial charge >= 0.3 is 0 Å². The number of nitrogens with zero attached hydrogens (tertiary/aromatic N) is 2. The zero-order chi connectivity index (χ0) is 13.9. The van der Waals surface area contributed by atoms with E-state index in [2.05, 4.69) is 14.8 Å². The van der Waals surface area contributed by atoms with Crippen molar-refractivity contribution in [3.8, 4) is 0 Å². The van der Waals surface area contributed by atoms with Crippen LogP contribution >= 0.6 is 0 Å². The standard InChI is InChI=1S/C7H22N5O5/c1-6(2,3)12(13,17-10)14-7(4,5)11(15-8)16-9/h13H,8-10H2,1-5H3/q+1. The van der Waals surface area contributed by atoms with Crippen LogP contribution in [0.5, 0.6) is 0 Å². The quantitative estimate of drug-likeness (QED) is 0.278. The van der Waals surface area contributed by atoms with Crippen molar-refractivity contribution in [3.63, 3.8) is 0 Å². The maximum absolute atomic E-state index is 10.1. The molecule has 1 unspecified atom stereocenters. The first kappa shape index (κ1) is 16.6. The van der Waals surface area contributed by atoms with E-state index in [1.54, 1.807) is 20.8 Å². The molecule has 0 amide bonds. The van der Waals surface area contributed by atoms with E-state index >= 15 is 0 Å². The summed E-state index contributed by atoms with van der Waals surface area (Å²) < 4.78 is 0. The van der Waals surface area contributed by atoms with Crippen LogP contribution in [0.2, 0.25) is 0 Å². The van der Waals surface area contributed by atoms with Crippen molar-refractivity contribution in [3.05, 3.63) is 0 Å². The molecule has 10 nitrogen and oxygen atoms in total. The average molecular weight is 256 g/mol. The van der Waals surface area contributed by atoms with Gasteiger partial charge in [0.2, 0.25) is 5.72 Å². The lowest BCUT2D eigenvalue weighted by Gasteiger charge is -2.39. The Kier molecular flexibility index (Phi) is 5.37. The van der Waals surface area contributed by atoms with Gasteiger partial charge in [-0.05, 0) is 39.6 Å². The second kappa shape index (κ2) is 5.49. The van der Waals surface area contributed by atoms with E-state index in [1.165, 1.54) is 13.8 Å². The fourth-order valence-corrected chi connectivity index (χ4v) is 0.931. The normalized spacial score (nSPS) is 17.3. The van der Waals surface area contributed by atoms with E-state index in [0.29, 0.717) is 5.23 Å². The van der Waals surface area contributed by atoms with Gasteiger partial charge in [0.25, 0.3) is 0 Å². The van der Waals surface area contributed by atoms with E-state index < -0.39 is 16.2 Å². The SMILES string of the molecule is CC(C)(O[N+](O)(ON)C(C)(C)C)N(ON)ON. The van der Waals surface area contributed by atoms with Crippen LogP contribution in [0.3, 0.4) is 0 Å². The highest BCUT2D eigenvalue weighted by Crippen LogP contribution is 2.28. The summed E-state index contributed by atoms with van der Waals surface area (Å²) in [4.78, 5) is 16.9. The van der Waals surface area contributed by atoms with Crippen LogP contribution in [0.1, 0.15) is 34.6 Å². The van der Waals surface area contributed by atoms with E-state index in [9.17, 15) is 5.21 Å². The van der Waals surface area contributed by atoms with Gasteiger partial charge < -0.3 is 0 Å². The predicted octanol–water partition coefficient (Wildman–Crippen LogP) is -0.623. The van der Waals surface area contributed by atoms with E-state index in [-0.39, 0.29) is 0 Å². The number of quaternary nitrogens is 1. The third kappa shape index (κ3) is 3.79. The molecule has 17 heavy (non-hydrogen) atoms. The number of rotatable bonds is 6. The highest BCUT2D eigenvalue weighted by molar-refractivity contribution is 4.58. The van der Waals surface area contributed by atoms with Gasteiger partial charge in [0, 0.05) is 5.23 Å². The molecule has 0 radical (unpaired) electrons. The monoisotopic (exact) mass is 256 g/mol. The van der Waals surface area contributed by atoms with Crippen molar-refractivity contribution < 1.29 is 29.8 Å². The molecule has 0 aromatic heterocycles. The van der Waals surface area contributed by atoms with Crippen LogP contribution in [0.15, 0.2) is 0 Å². The van der Waals surface area contributed by atoms with Crippen molar-refractivity contribution in [2.24, 2.45) is 17.7 Å². The minimum atomic E-state index is -1.38. The first-order chi connectivity index (χ1) is 7.54. The van der Waals surface area contributed by atoms with Crippen molar-refractivity contribution in [1.29, 1.82) is 0 Å². The van der Waals surface area contributed by atoms with Crippen LogP contribution in [0.4, 0.5) is 0 Å². The highest BCUT2D eigenvalue weighted by Gasteiger charge is 2.52. The Morgan fingerprint density at radius 2 is 1.41 bits per heavy atom. The van der Waals surface area contributed by atoms with Crippen molar-refractivity contribution >= 4 is 0 Å². The lowest BCUT2D eigenvalue weighted by molar-refractivity contribution is -1.40. The van der Waals surface area contributed by atoms with Gasteiger partial charge in [-0.2, -0.15) is 27.6 Å². The Labute approximate surface area is 99.6 Å². The van der Waals surface area contributed by atoms with Gasteiger partial charge in [0.15, 0.2) is 5.54 Å². The molecular formula is C7H22N5O5+. The van der Waals surface area contributed by atoms with E-state index in [0.717, 1.165) is 0 Å². The van der Waals surface area contributed by atoms with Crippen LogP contribution in [0, 0.1) is 0 Å². The van der Waals surface area contributed by atoms with Crippen LogP contribution in [0.25, 0.3) is 0 Å².